The maximum Gasteiger partial charge on any atom is 0.407 e. The second-order valence-corrected chi connectivity index (χ2v) is 11.6. The normalized spacial score (nSPS) is 12.1. The molecule has 0 saturated carbocycles. The Morgan fingerprint density at radius 2 is 0.949 bits per heavy atom. The van der Waals surface area contributed by atoms with E-state index in [4.69, 9.17) is 14.6 Å². The summed E-state index contributed by atoms with van der Waals surface area (Å²) in [5.41, 5.74) is 0. The molecule has 0 saturated heterocycles. The number of rotatable bonds is 32. The summed E-state index contributed by atoms with van der Waals surface area (Å²) in [6.45, 7) is 6.04. The number of hydrogen-bond donors (Lipinski definition) is 2. The first kappa shape index (κ1) is 38.2. The molecule has 5 nitrogen and oxygen atoms in total. The third-order valence-corrected chi connectivity index (χ3v) is 7.75. The number of ether oxygens (including phenoxy) is 2. The van der Waals surface area contributed by atoms with Crippen molar-refractivity contribution in [3.05, 3.63) is 0 Å². The summed E-state index contributed by atoms with van der Waals surface area (Å²) in [4.78, 5) is 12.3. The molecule has 2 N–H and O–H groups in total. The monoisotopic (exact) mass is 556 g/mol. The number of nitrogens with one attached hydrogen (secondary N) is 1. The zero-order chi connectivity index (χ0) is 28.5. The van der Waals surface area contributed by atoms with Gasteiger partial charge in [-0.3, -0.25) is 0 Å². The van der Waals surface area contributed by atoms with Gasteiger partial charge in [-0.15, -0.1) is 0 Å². The van der Waals surface area contributed by atoms with Gasteiger partial charge in [0.15, 0.2) is 0 Å². The highest BCUT2D eigenvalue weighted by molar-refractivity contribution is 5.67. The molecule has 1 atom stereocenters. The maximum absolute atomic E-state index is 12.3. The quantitative estimate of drug-likeness (QED) is 0.0810. The van der Waals surface area contributed by atoms with Gasteiger partial charge in [0.1, 0.15) is 6.10 Å². The van der Waals surface area contributed by atoms with Crippen LogP contribution in [0, 0.1) is 0 Å². The molecule has 0 aromatic carbocycles. The van der Waals surface area contributed by atoms with Gasteiger partial charge in [0.25, 0.3) is 0 Å². The van der Waals surface area contributed by atoms with Gasteiger partial charge in [-0.25, -0.2) is 4.79 Å². The fourth-order valence-electron chi connectivity index (χ4n) is 5.24. The second kappa shape index (κ2) is 33.4. The van der Waals surface area contributed by atoms with Crippen molar-refractivity contribution in [3.8, 4) is 0 Å². The number of alkyl carbamates (subject to hydrolysis) is 1. The summed E-state index contributed by atoms with van der Waals surface area (Å²) in [6.07, 6.45) is 33.4. The SMILES string of the molecule is CCCCCCCCCCCCCCC(CCCCCCCCCCCCC)OC(=O)NCCCOCCO. The van der Waals surface area contributed by atoms with Gasteiger partial charge in [-0.1, -0.05) is 149 Å². The van der Waals surface area contributed by atoms with Gasteiger partial charge in [0.05, 0.1) is 13.2 Å². The number of amides is 1. The fourth-order valence-corrected chi connectivity index (χ4v) is 5.24. The Hall–Kier alpha value is -0.810. The first-order chi connectivity index (χ1) is 19.2. The smallest absolute Gasteiger partial charge is 0.407 e. The Kier molecular flexibility index (Phi) is 32.7. The van der Waals surface area contributed by atoms with Crippen molar-refractivity contribution in [1.82, 2.24) is 5.32 Å². The minimum atomic E-state index is -0.288. The minimum Gasteiger partial charge on any atom is -0.446 e. The molecule has 1 amide bonds. The number of carbonyl (C=O) groups excluding carboxylic acids is 1. The van der Waals surface area contributed by atoms with Crippen LogP contribution in [0.2, 0.25) is 0 Å². The number of hydrogen-bond acceptors (Lipinski definition) is 4. The molecule has 0 fully saturated rings. The zero-order valence-electron chi connectivity index (χ0n) is 26.5. The van der Waals surface area contributed by atoms with Crippen LogP contribution in [0.5, 0.6) is 0 Å². The number of unbranched alkanes of at least 4 members (excludes halogenated alkanes) is 21. The Balaban J connectivity index is 4.00. The molecule has 1 unspecified atom stereocenters. The molecule has 234 valence electrons. The van der Waals surface area contributed by atoms with Crippen LogP contribution in [-0.4, -0.2) is 43.7 Å². The van der Waals surface area contributed by atoms with Crippen molar-refractivity contribution >= 4 is 6.09 Å². The molecular formula is C34H69NO4. The van der Waals surface area contributed by atoms with Crippen LogP contribution in [0.15, 0.2) is 0 Å². The van der Waals surface area contributed by atoms with Crippen LogP contribution in [-0.2, 0) is 9.47 Å². The van der Waals surface area contributed by atoms with Gasteiger partial charge >= 0.3 is 6.09 Å². The zero-order valence-corrected chi connectivity index (χ0v) is 26.5. The molecule has 0 aromatic rings. The van der Waals surface area contributed by atoms with E-state index in [1.54, 1.807) is 0 Å². The average molecular weight is 556 g/mol. The lowest BCUT2D eigenvalue weighted by atomic mass is 10.0. The highest BCUT2D eigenvalue weighted by Gasteiger charge is 2.14. The predicted molar refractivity (Wildman–Crippen MR) is 168 cm³/mol. The number of aliphatic hydroxyl groups is 1. The molecule has 5 heteroatoms. The highest BCUT2D eigenvalue weighted by atomic mass is 16.6. The lowest BCUT2D eigenvalue weighted by Gasteiger charge is -2.18. The molecule has 0 rings (SSSR count). The second-order valence-electron chi connectivity index (χ2n) is 11.6. The molecule has 0 heterocycles. The summed E-state index contributed by atoms with van der Waals surface area (Å²) < 4.78 is 11.1. The van der Waals surface area contributed by atoms with Gasteiger partial charge in [0, 0.05) is 13.2 Å². The number of aliphatic hydroxyl groups excluding tert-OH is 1. The molecule has 39 heavy (non-hydrogen) atoms. The van der Waals surface area contributed by atoms with Crippen molar-refractivity contribution in [1.29, 1.82) is 0 Å². The van der Waals surface area contributed by atoms with Crippen molar-refractivity contribution in [2.24, 2.45) is 0 Å². The molecule has 0 radical (unpaired) electrons. The van der Waals surface area contributed by atoms with E-state index in [0.717, 1.165) is 32.1 Å². The third-order valence-electron chi connectivity index (χ3n) is 7.75. The summed E-state index contributed by atoms with van der Waals surface area (Å²) in [7, 11) is 0. The topological polar surface area (TPSA) is 67.8 Å². The van der Waals surface area contributed by atoms with E-state index in [0.29, 0.717) is 19.8 Å². The molecule has 0 bridgehead atoms. The molecule has 0 aliphatic carbocycles. The van der Waals surface area contributed by atoms with Crippen LogP contribution in [0.3, 0.4) is 0 Å². The van der Waals surface area contributed by atoms with E-state index in [-0.39, 0.29) is 18.8 Å². The predicted octanol–water partition coefficient (Wildman–Crippen LogP) is 10.3. The van der Waals surface area contributed by atoms with Crippen molar-refractivity contribution in [3.63, 3.8) is 0 Å². The fraction of sp³-hybridized carbons (Fsp3) is 0.971. The first-order valence-electron chi connectivity index (χ1n) is 17.4. The lowest BCUT2D eigenvalue weighted by Crippen LogP contribution is -2.30. The lowest BCUT2D eigenvalue weighted by molar-refractivity contribution is 0.0789. The summed E-state index contributed by atoms with van der Waals surface area (Å²) in [5.74, 6) is 0. The maximum atomic E-state index is 12.3. The largest absolute Gasteiger partial charge is 0.446 e. The molecule has 0 aliphatic rings. The Morgan fingerprint density at radius 3 is 1.33 bits per heavy atom. The third kappa shape index (κ3) is 31.6. The van der Waals surface area contributed by atoms with E-state index in [1.807, 2.05) is 0 Å². The molecular weight excluding hydrogens is 486 g/mol. The van der Waals surface area contributed by atoms with Crippen LogP contribution in [0.4, 0.5) is 4.79 Å². The molecule has 0 aromatic heterocycles. The van der Waals surface area contributed by atoms with E-state index in [1.165, 1.54) is 135 Å². The van der Waals surface area contributed by atoms with Crippen LogP contribution >= 0.6 is 0 Å². The Bertz CT molecular complexity index is 474. The van der Waals surface area contributed by atoms with Crippen molar-refractivity contribution < 1.29 is 19.4 Å². The molecule has 0 aliphatic heterocycles. The Morgan fingerprint density at radius 1 is 0.564 bits per heavy atom. The summed E-state index contributed by atoms with van der Waals surface area (Å²) in [5, 5.41) is 11.6. The first-order valence-corrected chi connectivity index (χ1v) is 17.4. The summed E-state index contributed by atoms with van der Waals surface area (Å²) >= 11 is 0. The molecule has 0 spiro atoms. The van der Waals surface area contributed by atoms with E-state index < -0.39 is 0 Å². The van der Waals surface area contributed by atoms with Crippen molar-refractivity contribution in [2.45, 2.75) is 187 Å². The highest BCUT2D eigenvalue weighted by Crippen LogP contribution is 2.18. The Labute approximate surface area is 244 Å². The number of carbonyl (C=O) groups is 1. The van der Waals surface area contributed by atoms with E-state index >= 15 is 0 Å². The van der Waals surface area contributed by atoms with E-state index in [9.17, 15) is 4.79 Å². The van der Waals surface area contributed by atoms with Gasteiger partial charge in [0.2, 0.25) is 0 Å². The van der Waals surface area contributed by atoms with Crippen molar-refractivity contribution in [2.75, 3.05) is 26.4 Å². The van der Waals surface area contributed by atoms with Crippen LogP contribution in [0.1, 0.15) is 181 Å². The van der Waals surface area contributed by atoms with Gasteiger partial charge in [-0.2, -0.15) is 0 Å². The standard InChI is InChI=1S/C34H69NO4/c1-3-5-7-9-11-13-15-17-19-21-23-25-28-33(39-34(37)35-29-26-31-38-32-30-36)27-24-22-20-18-16-14-12-10-8-6-4-2/h33,36H,3-32H2,1-2H3,(H,35,37). The van der Waals surface area contributed by atoms with Gasteiger partial charge in [-0.05, 0) is 32.1 Å². The summed E-state index contributed by atoms with van der Waals surface area (Å²) in [6, 6.07) is 0. The van der Waals surface area contributed by atoms with Crippen LogP contribution < -0.4 is 5.32 Å². The van der Waals surface area contributed by atoms with Gasteiger partial charge < -0.3 is 19.9 Å². The van der Waals surface area contributed by atoms with Crippen LogP contribution in [0.25, 0.3) is 0 Å². The van der Waals surface area contributed by atoms with E-state index in [2.05, 4.69) is 19.2 Å². The average Bonchev–Trinajstić information content (AvgIpc) is 2.94. The minimum absolute atomic E-state index is 0.0370.